The molecule has 4 fully saturated rings. The largest absolute Gasteiger partial charge is 0.396 e. The number of hydrogen-bond acceptors (Lipinski definition) is 4. The molecule has 0 atom stereocenters. The van der Waals surface area contributed by atoms with E-state index in [-0.39, 0.29) is 23.8 Å². The zero-order valence-electron chi connectivity index (χ0n) is 18.9. The molecular formula is C25H34N4O3. The predicted octanol–water partition coefficient (Wildman–Crippen LogP) is 3.72. The molecule has 2 aromatic heterocycles. The number of nitrogens with one attached hydrogen (secondary N) is 1. The number of carbonyl (C=O) groups is 2. The van der Waals surface area contributed by atoms with Crippen molar-refractivity contribution >= 4 is 23.3 Å². The average molecular weight is 439 g/mol. The second kappa shape index (κ2) is 8.50. The van der Waals surface area contributed by atoms with Crippen LogP contribution in [-0.4, -0.2) is 50.9 Å². The van der Waals surface area contributed by atoms with Crippen LogP contribution >= 0.6 is 0 Å². The summed E-state index contributed by atoms with van der Waals surface area (Å²) >= 11 is 0. The molecule has 0 radical (unpaired) electrons. The molecule has 172 valence electrons. The maximum atomic E-state index is 13.1. The van der Waals surface area contributed by atoms with Gasteiger partial charge in [-0.25, -0.2) is 4.98 Å². The Bertz CT molecular complexity index is 978. The van der Waals surface area contributed by atoms with Gasteiger partial charge in [0, 0.05) is 32.3 Å². The smallest absolute Gasteiger partial charge is 0.274 e. The first-order chi connectivity index (χ1) is 15.5. The molecule has 2 amide bonds. The Morgan fingerprint density at radius 1 is 1.19 bits per heavy atom. The van der Waals surface area contributed by atoms with Crippen LogP contribution < -0.4 is 5.32 Å². The van der Waals surface area contributed by atoms with Gasteiger partial charge in [0.05, 0.1) is 0 Å². The lowest BCUT2D eigenvalue weighted by Crippen LogP contribution is -2.47. The SMILES string of the molecule is CCN(CCCO)C(=O)c1cn2c(NC(=O)CC34CC5CC(CC(C5)C3)C4)cccc2n1. The fraction of sp³-hybridized carbons (Fsp3) is 0.640. The van der Waals surface area contributed by atoms with Crippen LogP contribution in [0.3, 0.4) is 0 Å². The van der Waals surface area contributed by atoms with Crippen molar-refractivity contribution in [1.29, 1.82) is 0 Å². The molecule has 0 spiro atoms. The van der Waals surface area contributed by atoms with E-state index in [1.165, 1.54) is 38.5 Å². The van der Waals surface area contributed by atoms with E-state index in [1.807, 2.05) is 25.1 Å². The molecule has 0 aromatic carbocycles. The minimum Gasteiger partial charge on any atom is -0.396 e. The van der Waals surface area contributed by atoms with Gasteiger partial charge in [-0.3, -0.25) is 14.0 Å². The first-order valence-electron chi connectivity index (χ1n) is 12.2. The second-order valence-corrected chi connectivity index (χ2v) is 10.4. The second-order valence-electron chi connectivity index (χ2n) is 10.4. The Labute approximate surface area is 189 Å². The van der Waals surface area contributed by atoms with Crippen molar-refractivity contribution in [2.24, 2.45) is 23.2 Å². The number of carbonyl (C=O) groups excluding carboxylic acids is 2. The Balaban J connectivity index is 1.31. The van der Waals surface area contributed by atoms with Crippen molar-refractivity contribution in [1.82, 2.24) is 14.3 Å². The predicted molar refractivity (Wildman–Crippen MR) is 122 cm³/mol. The van der Waals surface area contributed by atoms with E-state index in [2.05, 4.69) is 10.3 Å². The Morgan fingerprint density at radius 3 is 2.50 bits per heavy atom. The van der Waals surface area contributed by atoms with E-state index in [0.717, 1.165) is 17.8 Å². The summed E-state index contributed by atoms with van der Waals surface area (Å²) in [5, 5.41) is 12.2. The number of hydrogen-bond donors (Lipinski definition) is 2. The number of pyridine rings is 1. The molecule has 0 unspecified atom stereocenters. The average Bonchev–Trinajstić information content (AvgIpc) is 3.18. The molecule has 0 saturated heterocycles. The molecule has 2 aromatic rings. The molecule has 4 saturated carbocycles. The minimum atomic E-state index is -0.157. The van der Waals surface area contributed by atoms with Crippen LogP contribution in [0.1, 0.15) is 68.8 Å². The molecular weight excluding hydrogens is 404 g/mol. The van der Waals surface area contributed by atoms with Gasteiger partial charge in [-0.2, -0.15) is 0 Å². The van der Waals surface area contributed by atoms with Gasteiger partial charge in [0.25, 0.3) is 5.91 Å². The summed E-state index contributed by atoms with van der Waals surface area (Å²) in [6.07, 6.45) is 10.6. The standard InChI is InChI=1S/C25H34N4O3/c1-2-28(7-4-8-30)24(32)20-16-29-21(26-20)5-3-6-22(29)27-23(31)15-25-12-17-9-18(13-25)11-19(10-17)14-25/h3,5-6,16-19,30H,2,4,7-15H2,1H3,(H,27,31). The van der Waals surface area contributed by atoms with Gasteiger partial charge >= 0.3 is 0 Å². The third-order valence-corrected chi connectivity index (χ3v) is 7.93. The third kappa shape index (κ3) is 4.03. The summed E-state index contributed by atoms with van der Waals surface area (Å²) < 4.78 is 1.80. The Morgan fingerprint density at radius 2 is 1.88 bits per heavy atom. The highest BCUT2D eigenvalue weighted by atomic mass is 16.3. The number of aliphatic hydroxyl groups excluding tert-OH is 1. The van der Waals surface area contributed by atoms with Crippen LogP contribution in [0.5, 0.6) is 0 Å². The van der Waals surface area contributed by atoms with Gasteiger partial charge in [-0.05, 0) is 87.2 Å². The maximum absolute atomic E-state index is 13.1. The van der Waals surface area contributed by atoms with Gasteiger partial charge in [0.1, 0.15) is 17.2 Å². The summed E-state index contributed by atoms with van der Waals surface area (Å²) in [5.41, 5.74) is 1.18. The van der Waals surface area contributed by atoms with Crippen LogP contribution in [0.4, 0.5) is 5.82 Å². The number of fused-ring (bicyclic) bond motifs is 1. The van der Waals surface area contributed by atoms with Gasteiger partial charge in [-0.1, -0.05) is 6.07 Å². The minimum absolute atomic E-state index is 0.0505. The fourth-order valence-electron chi connectivity index (χ4n) is 7.08. The molecule has 32 heavy (non-hydrogen) atoms. The molecule has 6 rings (SSSR count). The molecule has 4 aliphatic carbocycles. The van der Waals surface area contributed by atoms with E-state index >= 15 is 0 Å². The summed E-state index contributed by atoms with van der Waals surface area (Å²) in [6, 6.07) is 5.57. The molecule has 4 bridgehead atoms. The number of nitrogens with zero attached hydrogens (tertiary/aromatic N) is 3. The summed E-state index contributed by atoms with van der Waals surface area (Å²) in [5.74, 6) is 3.04. The molecule has 4 aliphatic rings. The number of anilines is 1. The first kappa shape index (κ1) is 21.4. The van der Waals surface area contributed by atoms with E-state index < -0.39 is 0 Å². The van der Waals surface area contributed by atoms with E-state index in [9.17, 15) is 9.59 Å². The van der Waals surface area contributed by atoms with Crippen molar-refractivity contribution in [2.75, 3.05) is 25.0 Å². The van der Waals surface area contributed by atoms with Gasteiger partial charge in [0.15, 0.2) is 0 Å². The number of rotatable bonds is 8. The molecule has 7 nitrogen and oxygen atoms in total. The van der Waals surface area contributed by atoms with E-state index in [0.29, 0.717) is 43.1 Å². The quantitative estimate of drug-likeness (QED) is 0.658. The topological polar surface area (TPSA) is 86.9 Å². The van der Waals surface area contributed by atoms with E-state index in [4.69, 9.17) is 5.11 Å². The molecule has 2 N–H and O–H groups in total. The first-order valence-corrected chi connectivity index (χ1v) is 12.2. The van der Waals surface area contributed by atoms with Gasteiger partial charge < -0.3 is 15.3 Å². The van der Waals surface area contributed by atoms with Crippen LogP contribution in [0.15, 0.2) is 24.4 Å². The zero-order chi connectivity index (χ0) is 22.3. The number of imidazole rings is 1. The van der Waals surface area contributed by atoms with Crippen LogP contribution in [0, 0.1) is 23.2 Å². The third-order valence-electron chi connectivity index (χ3n) is 7.93. The lowest BCUT2D eigenvalue weighted by atomic mass is 9.49. The van der Waals surface area contributed by atoms with Crippen molar-refractivity contribution in [3.63, 3.8) is 0 Å². The summed E-state index contributed by atoms with van der Waals surface area (Å²) in [4.78, 5) is 32.2. The molecule has 7 heteroatoms. The highest BCUT2D eigenvalue weighted by Crippen LogP contribution is 2.61. The van der Waals surface area contributed by atoms with Crippen molar-refractivity contribution < 1.29 is 14.7 Å². The molecule has 0 aliphatic heterocycles. The summed E-state index contributed by atoms with van der Waals surface area (Å²) in [6.45, 7) is 3.02. The van der Waals surface area contributed by atoms with Gasteiger partial charge in [-0.15, -0.1) is 0 Å². The number of amides is 2. The number of aromatic nitrogens is 2. The fourth-order valence-corrected chi connectivity index (χ4v) is 7.08. The van der Waals surface area contributed by atoms with Crippen LogP contribution in [-0.2, 0) is 4.79 Å². The zero-order valence-corrected chi connectivity index (χ0v) is 18.9. The highest BCUT2D eigenvalue weighted by molar-refractivity contribution is 5.94. The maximum Gasteiger partial charge on any atom is 0.274 e. The normalized spacial score (nSPS) is 28.2. The van der Waals surface area contributed by atoms with Gasteiger partial charge in [0.2, 0.25) is 5.91 Å². The van der Waals surface area contributed by atoms with Crippen LogP contribution in [0.2, 0.25) is 0 Å². The molecule has 2 heterocycles. The highest BCUT2D eigenvalue weighted by Gasteiger charge is 2.51. The monoisotopic (exact) mass is 438 g/mol. The van der Waals surface area contributed by atoms with Crippen LogP contribution in [0.25, 0.3) is 5.65 Å². The Hall–Kier alpha value is -2.41. The summed E-state index contributed by atoms with van der Waals surface area (Å²) in [7, 11) is 0. The van der Waals surface area contributed by atoms with Crippen molar-refractivity contribution in [3.05, 3.63) is 30.1 Å². The van der Waals surface area contributed by atoms with Crippen molar-refractivity contribution in [2.45, 2.75) is 58.3 Å². The lowest BCUT2D eigenvalue weighted by Gasteiger charge is -2.56. The van der Waals surface area contributed by atoms with Crippen molar-refractivity contribution in [3.8, 4) is 0 Å². The Kier molecular flexibility index (Phi) is 5.70. The van der Waals surface area contributed by atoms with E-state index in [1.54, 1.807) is 15.5 Å². The lowest BCUT2D eigenvalue weighted by molar-refractivity contribution is -0.124. The number of aliphatic hydroxyl groups is 1.